The Labute approximate surface area is 135 Å². The van der Waals surface area contributed by atoms with Crippen molar-refractivity contribution in [2.75, 3.05) is 17.2 Å². The number of nitrogen functional groups attached to an aromatic ring is 1. The van der Waals surface area contributed by atoms with Crippen LogP contribution in [-0.2, 0) is 11.2 Å². The summed E-state index contributed by atoms with van der Waals surface area (Å²) in [5.41, 5.74) is 8.61. The van der Waals surface area contributed by atoms with Crippen LogP contribution in [0.3, 0.4) is 0 Å². The quantitative estimate of drug-likeness (QED) is 0.857. The van der Waals surface area contributed by atoms with Crippen molar-refractivity contribution in [3.05, 3.63) is 40.9 Å². The zero-order valence-electron chi connectivity index (χ0n) is 12.2. The molecule has 2 rings (SSSR count). The number of benzene rings is 1. The van der Waals surface area contributed by atoms with Crippen LogP contribution in [0.25, 0.3) is 0 Å². The molecule has 1 amide bonds. The van der Waals surface area contributed by atoms with E-state index in [0.717, 1.165) is 22.1 Å². The molecule has 0 aliphatic rings. The van der Waals surface area contributed by atoms with Crippen molar-refractivity contribution in [2.24, 2.45) is 0 Å². The Kier molecular flexibility index (Phi) is 6.65. The average Bonchev–Trinajstić information content (AvgIpc) is 2.85. The lowest BCUT2D eigenvalue weighted by Crippen LogP contribution is -2.30. The number of thiazole rings is 1. The van der Waals surface area contributed by atoms with E-state index in [2.05, 4.69) is 4.98 Å². The first-order valence-corrected chi connectivity index (χ1v) is 7.55. The van der Waals surface area contributed by atoms with E-state index in [4.69, 9.17) is 5.73 Å². The number of aryl methyl sites for hydroxylation is 2. The van der Waals surface area contributed by atoms with Gasteiger partial charge in [0.25, 0.3) is 0 Å². The van der Waals surface area contributed by atoms with E-state index < -0.39 is 0 Å². The number of halogens is 1. The standard InChI is InChI=1S/C15H19N3OS.ClH/c1-3-18(15-17-11(2)10-20-15)14(19)9-8-12-6-4-5-7-13(12)16;/h4-7,10H,3,8-9,16H2,1-2H3;1H. The Balaban J connectivity index is 0.00000220. The number of hydrogen-bond acceptors (Lipinski definition) is 4. The summed E-state index contributed by atoms with van der Waals surface area (Å²) in [7, 11) is 0. The van der Waals surface area contributed by atoms with Gasteiger partial charge in [0.1, 0.15) is 0 Å². The van der Waals surface area contributed by atoms with Gasteiger partial charge in [-0.3, -0.25) is 9.69 Å². The number of nitrogens with two attached hydrogens (primary N) is 1. The first kappa shape index (κ1) is 17.5. The SMILES string of the molecule is CCN(C(=O)CCc1ccccc1N)c1nc(C)cs1.Cl. The molecule has 0 spiro atoms. The summed E-state index contributed by atoms with van der Waals surface area (Å²) in [6.07, 6.45) is 1.10. The Bertz CT molecular complexity index is 600. The van der Waals surface area contributed by atoms with E-state index >= 15 is 0 Å². The summed E-state index contributed by atoms with van der Waals surface area (Å²) in [5.74, 6) is 0.0881. The molecule has 1 aromatic carbocycles. The minimum absolute atomic E-state index is 0. The number of nitrogens with zero attached hydrogens (tertiary/aromatic N) is 2. The normalized spacial score (nSPS) is 10.0. The Morgan fingerprint density at radius 2 is 2.10 bits per heavy atom. The molecule has 0 unspecified atom stereocenters. The van der Waals surface area contributed by atoms with E-state index in [-0.39, 0.29) is 18.3 Å². The van der Waals surface area contributed by atoms with Gasteiger partial charge in [-0.1, -0.05) is 18.2 Å². The topological polar surface area (TPSA) is 59.2 Å². The highest BCUT2D eigenvalue weighted by atomic mass is 35.5. The third-order valence-electron chi connectivity index (χ3n) is 3.12. The van der Waals surface area contributed by atoms with Gasteiger partial charge in [0.2, 0.25) is 5.91 Å². The summed E-state index contributed by atoms with van der Waals surface area (Å²) in [5, 5.41) is 2.73. The fourth-order valence-corrected chi connectivity index (χ4v) is 2.91. The molecule has 4 nitrogen and oxygen atoms in total. The van der Waals surface area contributed by atoms with E-state index in [9.17, 15) is 4.79 Å². The summed E-state index contributed by atoms with van der Waals surface area (Å²) >= 11 is 1.50. The lowest BCUT2D eigenvalue weighted by atomic mass is 10.1. The van der Waals surface area contributed by atoms with Gasteiger partial charge in [0, 0.05) is 24.0 Å². The zero-order chi connectivity index (χ0) is 14.5. The molecule has 6 heteroatoms. The van der Waals surface area contributed by atoms with Crippen LogP contribution in [0, 0.1) is 6.92 Å². The molecule has 0 atom stereocenters. The largest absolute Gasteiger partial charge is 0.399 e. The summed E-state index contributed by atoms with van der Waals surface area (Å²) in [4.78, 5) is 18.4. The van der Waals surface area contributed by atoms with Crippen LogP contribution in [-0.4, -0.2) is 17.4 Å². The highest BCUT2D eigenvalue weighted by Gasteiger charge is 2.16. The van der Waals surface area contributed by atoms with E-state index in [0.29, 0.717) is 19.4 Å². The maximum absolute atomic E-state index is 12.3. The molecule has 0 fully saturated rings. The van der Waals surface area contributed by atoms with E-state index in [1.54, 1.807) is 4.90 Å². The summed E-state index contributed by atoms with van der Waals surface area (Å²) in [6.45, 7) is 4.53. The maximum Gasteiger partial charge on any atom is 0.229 e. The number of amides is 1. The molecule has 114 valence electrons. The predicted molar refractivity (Wildman–Crippen MR) is 91.3 cm³/mol. The van der Waals surface area contributed by atoms with Crippen molar-refractivity contribution in [2.45, 2.75) is 26.7 Å². The molecular weight excluding hydrogens is 306 g/mol. The number of para-hydroxylation sites is 1. The van der Waals surface area contributed by atoms with Gasteiger partial charge >= 0.3 is 0 Å². The average molecular weight is 326 g/mol. The molecule has 2 aromatic rings. The number of aromatic nitrogens is 1. The van der Waals surface area contributed by atoms with Gasteiger partial charge in [-0.25, -0.2) is 4.98 Å². The molecule has 0 bridgehead atoms. The number of anilines is 2. The monoisotopic (exact) mass is 325 g/mol. The Hall–Kier alpha value is -1.59. The Morgan fingerprint density at radius 1 is 1.38 bits per heavy atom. The molecule has 2 N–H and O–H groups in total. The number of carbonyl (C=O) groups excluding carboxylic acids is 1. The second kappa shape index (κ2) is 8.00. The molecule has 0 saturated heterocycles. The molecule has 0 aliphatic carbocycles. The van der Waals surface area contributed by atoms with Crippen LogP contribution in [0.4, 0.5) is 10.8 Å². The van der Waals surface area contributed by atoms with Crippen molar-refractivity contribution < 1.29 is 4.79 Å². The molecule has 0 aliphatic heterocycles. The van der Waals surface area contributed by atoms with Gasteiger partial charge in [0.15, 0.2) is 5.13 Å². The lowest BCUT2D eigenvalue weighted by molar-refractivity contribution is -0.118. The third kappa shape index (κ3) is 4.44. The minimum atomic E-state index is 0. The van der Waals surface area contributed by atoms with Gasteiger partial charge in [-0.2, -0.15) is 0 Å². The van der Waals surface area contributed by atoms with Crippen LogP contribution < -0.4 is 10.6 Å². The zero-order valence-corrected chi connectivity index (χ0v) is 13.8. The summed E-state index contributed by atoms with van der Waals surface area (Å²) in [6, 6.07) is 7.67. The fourth-order valence-electron chi connectivity index (χ4n) is 2.02. The lowest BCUT2D eigenvalue weighted by Gasteiger charge is -2.17. The van der Waals surface area contributed by atoms with Crippen LogP contribution in [0.1, 0.15) is 24.6 Å². The van der Waals surface area contributed by atoms with Crippen molar-refractivity contribution in [3.8, 4) is 0 Å². The first-order chi connectivity index (χ1) is 9.61. The smallest absolute Gasteiger partial charge is 0.229 e. The van der Waals surface area contributed by atoms with Crippen LogP contribution in [0.15, 0.2) is 29.6 Å². The van der Waals surface area contributed by atoms with E-state index in [1.807, 2.05) is 43.5 Å². The van der Waals surface area contributed by atoms with Crippen molar-refractivity contribution in [3.63, 3.8) is 0 Å². The van der Waals surface area contributed by atoms with Crippen LogP contribution in [0.5, 0.6) is 0 Å². The summed E-state index contributed by atoms with van der Waals surface area (Å²) < 4.78 is 0. The van der Waals surface area contributed by atoms with Gasteiger partial charge < -0.3 is 5.73 Å². The highest BCUT2D eigenvalue weighted by Crippen LogP contribution is 2.21. The number of carbonyl (C=O) groups is 1. The second-order valence-corrected chi connectivity index (χ2v) is 5.44. The molecular formula is C15H20ClN3OS. The van der Waals surface area contributed by atoms with Crippen molar-refractivity contribution in [1.82, 2.24) is 4.98 Å². The highest BCUT2D eigenvalue weighted by molar-refractivity contribution is 7.14. The molecule has 21 heavy (non-hydrogen) atoms. The molecule has 0 saturated carbocycles. The molecule has 1 aromatic heterocycles. The van der Waals surface area contributed by atoms with Crippen molar-refractivity contribution in [1.29, 1.82) is 0 Å². The van der Waals surface area contributed by atoms with Crippen molar-refractivity contribution >= 4 is 40.5 Å². The van der Waals surface area contributed by atoms with Crippen LogP contribution >= 0.6 is 23.7 Å². The number of hydrogen-bond donors (Lipinski definition) is 1. The minimum Gasteiger partial charge on any atom is -0.399 e. The second-order valence-electron chi connectivity index (χ2n) is 4.61. The Morgan fingerprint density at radius 3 is 2.67 bits per heavy atom. The molecule has 1 heterocycles. The number of rotatable bonds is 5. The molecule has 0 radical (unpaired) electrons. The third-order valence-corrected chi connectivity index (χ3v) is 4.10. The van der Waals surface area contributed by atoms with Crippen LogP contribution in [0.2, 0.25) is 0 Å². The van der Waals surface area contributed by atoms with E-state index in [1.165, 1.54) is 11.3 Å². The van der Waals surface area contributed by atoms with Gasteiger partial charge in [-0.05, 0) is 31.9 Å². The maximum atomic E-state index is 12.3. The van der Waals surface area contributed by atoms with Gasteiger partial charge in [0.05, 0.1) is 5.69 Å². The fraction of sp³-hybridized carbons (Fsp3) is 0.333. The first-order valence-electron chi connectivity index (χ1n) is 6.67. The predicted octanol–water partition coefficient (Wildman–Crippen LogP) is 3.44. The van der Waals surface area contributed by atoms with Gasteiger partial charge in [-0.15, -0.1) is 23.7 Å².